The summed E-state index contributed by atoms with van der Waals surface area (Å²) in [6.07, 6.45) is 2.67. The van der Waals surface area contributed by atoms with Gasteiger partial charge in [0.25, 0.3) is 0 Å². The second-order valence-corrected chi connectivity index (χ2v) is 4.64. The quantitative estimate of drug-likeness (QED) is 0.348. The van der Waals surface area contributed by atoms with Crippen LogP contribution in [-0.4, -0.2) is 33.7 Å². The average molecular weight is 246 g/mol. The van der Waals surface area contributed by atoms with Crippen molar-refractivity contribution in [2.45, 2.75) is 4.90 Å². The highest BCUT2D eigenvalue weighted by Gasteiger charge is 2.17. The fourth-order valence-electron chi connectivity index (χ4n) is 1.07. The van der Waals surface area contributed by atoms with Crippen molar-refractivity contribution >= 4 is 15.7 Å². The maximum absolute atomic E-state index is 11.8. The van der Waals surface area contributed by atoms with Crippen LogP contribution in [0.5, 0.6) is 0 Å². The first-order valence-corrected chi connectivity index (χ1v) is 5.99. The Morgan fingerprint density at radius 3 is 2.94 bits per heavy atom. The summed E-state index contributed by atoms with van der Waals surface area (Å²) in [5.74, 6) is 5.21. The molecule has 1 rings (SSSR count). The van der Waals surface area contributed by atoms with Gasteiger partial charge < -0.3 is 10.2 Å². The highest BCUT2D eigenvalue weighted by molar-refractivity contribution is 7.89. The normalized spacial score (nSPS) is 11.4. The number of hydrogen-bond acceptors (Lipinski definition) is 6. The zero-order chi connectivity index (χ0) is 12.0. The summed E-state index contributed by atoms with van der Waals surface area (Å²) in [4.78, 5) is 3.75. The van der Waals surface area contributed by atoms with E-state index in [-0.39, 0.29) is 11.4 Å². The van der Waals surface area contributed by atoms with Gasteiger partial charge in [-0.05, 0) is 6.07 Å². The molecule has 16 heavy (non-hydrogen) atoms. The van der Waals surface area contributed by atoms with E-state index in [2.05, 4.69) is 15.1 Å². The Labute approximate surface area is 94.0 Å². The smallest absolute Gasteiger partial charge is 0.244 e. The van der Waals surface area contributed by atoms with E-state index in [1.807, 2.05) is 0 Å². The molecule has 0 radical (unpaired) electrons. The molecule has 90 valence electrons. The summed E-state index contributed by atoms with van der Waals surface area (Å²) < 4.78 is 30.7. The monoisotopic (exact) mass is 246 g/mol. The number of hydrazine groups is 1. The number of nitrogens with zero attached hydrogens (tertiary/aromatic N) is 1. The summed E-state index contributed by atoms with van der Waals surface area (Å²) in [6.45, 7) is 0.489. The van der Waals surface area contributed by atoms with E-state index in [4.69, 9.17) is 10.6 Å². The van der Waals surface area contributed by atoms with Crippen LogP contribution in [0.25, 0.3) is 0 Å². The summed E-state index contributed by atoms with van der Waals surface area (Å²) in [5, 5.41) is 0. The van der Waals surface area contributed by atoms with Gasteiger partial charge in [-0.25, -0.2) is 13.1 Å². The minimum absolute atomic E-state index is 0.00797. The van der Waals surface area contributed by atoms with E-state index in [1.165, 1.54) is 25.6 Å². The Morgan fingerprint density at radius 1 is 1.56 bits per heavy atom. The largest absolute Gasteiger partial charge is 0.383 e. The number of nitrogens with two attached hydrogens (primary N) is 1. The molecule has 0 bridgehead atoms. The van der Waals surface area contributed by atoms with Crippen LogP contribution in [0.2, 0.25) is 0 Å². The van der Waals surface area contributed by atoms with Gasteiger partial charge >= 0.3 is 0 Å². The highest BCUT2D eigenvalue weighted by atomic mass is 32.2. The number of rotatable bonds is 6. The Kier molecular flexibility index (Phi) is 4.62. The number of aromatic nitrogens is 1. The van der Waals surface area contributed by atoms with Crippen LogP contribution in [0.15, 0.2) is 23.4 Å². The molecule has 0 fully saturated rings. The Bertz CT molecular complexity index is 435. The number of hydrogen-bond donors (Lipinski definition) is 3. The Hall–Kier alpha value is -1.22. The summed E-state index contributed by atoms with van der Waals surface area (Å²) >= 11 is 0. The third kappa shape index (κ3) is 3.14. The minimum Gasteiger partial charge on any atom is -0.383 e. The van der Waals surface area contributed by atoms with Crippen LogP contribution < -0.4 is 16.0 Å². The molecule has 0 aromatic carbocycles. The molecule has 0 atom stereocenters. The molecule has 7 nitrogen and oxygen atoms in total. The molecular formula is C8H14N4O3S. The van der Waals surface area contributed by atoms with E-state index in [0.717, 1.165) is 0 Å². The fourth-order valence-corrected chi connectivity index (χ4v) is 2.19. The lowest BCUT2D eigenvalue weighted by molar-refractivity contribution is 0.204. The first-order valence-electron chi connectivity index (χ1n) is 4.51. The van der Waals surface area contributed by atoms with Gasteiger partial charge in [0.15, 0.2) is 0 Å². The topological polar surface area (TPSA) is 106 Å². The third-order valence-electron chi connectivity index (χ3n) is 1.83. The molecule has 0 spiro atoms. The average Bonchev–Trinajstić information content (AvgIpc) is 2.29. The van der Waals surface area contributed by atoms with Crippen molar-refractivity contribution in [3.05, 3.63) is 18.5 Å². The van der Waals surface area contributed by atoms with Crippen LogP contribution >= 0.6 is 0 Å². The molecule has 4 N–H and O–H groups in total. The van der Waals surface area contributed by atoms with Gasteiger partial charge in [0.2, 0.25) is 10.0 Å². The molecule has 0 saturated heterocycles. The minimum atomic E-state index is -3.61. The van der Waals surface area contributed by atoms with E-state index in [1.54, 1.807) is 0 Å². The van der Waals surface area contributed by atoms with E-state index in [9.17, 15) is 8.42 Å². The lowest BCUT2D eigenvalue weighted by Gasteiger charge is -2.09. The lowest BCUT2D eigenvalue weighted by Crippen LogP contribution is -2.28. The zero-order valence-electron chi connectivity index (χ0n) is 8.80. The van der Waals surface area contributed by atoms with E-state index in [0.29, 0.717) is 12.3 Å². The first-order chi connectivity index (χ1) is 7.61. The van der Waals surface area contributed by atoms with Gasteiger partial charge in [0.1, 0.15) is 4.90 Å². The molecule has 0 amide bonds. The number of sulfonamides is 1. The number of pyridine rings is 1. The fraction of sp³-hybridized carbons (Fsp3) is 0.375. The van der Waals surface area contributed by atoms with Gasteiger partial charge in [-0.3, -0.25) is 10.8 Å². The molecule has 1 heterocycles. The maximum Gasteiger partial charge on any atom is 0.244 e. The van der Waals surface area contributed by atoms with Crippen LogP contribution in [0.4, 0.5) is 5.69 Å². The molecule has 0 unspecified atom stereocenters. The van der Waals surface area contributed by atoms with Crippen molar-refractivity contribution in [3.63, 3.8) is 0 Å². The molecule has 0 aliphatic carbocycles. The summed E-state index contributed by atoms with van der Waals surface area (Å²) in [5.41, 5.74) is 2.59. The lowest BCUT2D eigenvalue weighted by atomic mass is 10.4. The van der Waals surface area contributed by atoms with Gasteiger partial charge in [0, 0.05) is 26.0 Å². The summed E-state index contributed by atoms with van der Waals surface area (Å²) in [7, 11) is -2.12. The van der Waals surface area contributed by atoms with Crippen LogP contribution in [0, 0.1) is 0 Å². The van der Waals surface area contributed by atoms with Gasteiger partial charge in [-0.1, -0.05) is 0 Å². The van der Waals surface area contributed by atoms with Crippen molar-refractivity contribution in [3.8, 4) is 0 Å². The maximum atomic E-state index is 11.8. The van der Waals surface area contributed by atoms with Crippen LogP contribution in [0.1, 0.15) is 0 Å². The summed E-state index contributed by atoms with van der Waals surface area (Å²) in [6, 6.07) is 1.48. The highest BCUT2D eigenvalue weighted by Crippen LogP contribution is 2.17. The Balaban J connectivity index is 2.89. The van der Waals surface area contributed by atoms with Gasteiger partial charge in [-0.15, -0.1) is 0 Å². The third-order valence-corrected chi connectivity index (χ3v) is 3.32. The van der Waals surface area contributed by atoms with E-state index >= 15 is 0 Å². The predicted octanol–water partition coefficient (Wildman–Crippen LogP) is -0.708. The van der Waals surface area contributed by atoms with E-state index < -0.39 is 10.0 Å². The van der Waals surface area contributed by atoms with Crippen molar-refractivity contribution in [2.75, 3.05) is 25.7 Å². The van der Waals surface area contributed by atoms with Crippen molar-refractivity contribution < 1.29 is 13.2 Å². The number of nitrogen functional groups attached to an aromatic ring is 1. The molecule has 0 aliphatic heterocycles. The molecule has 1 aromatic rings. The molecule has 0 aliphatic rings. The second-order valence-electron chi connectivity index (χ2n) is 2.91. The second kappa shape index (κ2) is 5.75. The van der Waals surface area contributed by atoms with Crippen molar-refractivity contribution in [1.82, 2.24) is 9.71 Å². The molecule has 1 aromatic heterocycles. The SMILES string of the molecule is COCCNS(=O)(=O)c1cnccc1NN. The number of nitrogens with one attached hydrogen (secondary N) is 2. The number of anilines is 1. The van der Waals surface area contributed by atoms with Crippen molar-refractivity contribution in [1.29, 1.82) is 0 Å². The number of methoxy groups -OCH3 is 1. The zero-order valence-corrected chi connectivity index (χ0v) is 9.62. The molecule has 8 heteroatoms. The van der Waals surface area contributed by atoms with Crippen molar-refractivity contribution in [2.24, 2.45) is 5.84 Å². The molecule has 0 saturated carbocycles. The first kappa shape index (κ1) is 12.8. The standard InChI is InChI=1S/C8H14N4O3S/c1-15-5-4-11-16(13,14)8-6-10-3-2-7(8)12-9/h2-3,6,11H,4-5,9H2,1H3,(H,10,12). The van der Waals surface area contributed by atoms with Gasteiger partial charge in [-0.2, -0.15) is 0 Å². The number of ether oxygens (including phenoxy) is 1. The predicted molar refractivity (Wildman–Crippen MR) is 59.1 cm³/mol. The molecular weight excluding hydrogens is 232 g/mol. The van der Waals surface area contributed by atoms with Crippen LogP contribution in [-0.2, 0) is 14.8 Å². The van der Waals surface area contributed by atoms with Crippen LogP contribution in [0.3, 0.4) is 0 Å². The Morgan fingerprint density at radius 2 is 2.31 bits per heavy atom. The van der Waals surface area contributed by atoms with Gasteiger partial charge in [0.05, 0.1) is 12.3 Å².